The zero-order valence-electron chi connectivity index (χ0n) is 16.8. The molecule has 0 heterocycles. The van der Waals surface area contributed by atoms with Crippen molar-refractivity contribution in [2.45, 2.75) is 116 Å². The average molecular weight is 359 g/mol. The quantitative estimate of drug-likeness (QED) is 0.219. The van der Waals surface area contributed by atoms with Gasteiger partial charge in [0.2, 0.25) is 0 Å². The van der Waals surface area contributed by atoms with Gasteiger partial charge in [-0.05, 0) is 44.2 Å². The highest BCUT2D eigenvalue weighted by atomic mass is 31.1. The van der Waals surface area contributed by atoms with Crippen molar-refractivity contribution in [3.63, 3.8) is 0 Å². The van der Waals surface area contributed by atoms with Crippen molar-refractivity contribution in [1.29, 1.82) is 0 Å². The van der Waals surface area contributed by atoms with Crippen LogP contribution in [-0.2, 0) is 4.79 Å². The van der Waals surface area contributed by atoms with Gasteiger partial charge < -0.3 is 5.11 Å². The molecule has 1 N–H and O–H groups in total. The lowest BCUT2D eigenvalue weighted by Crippen LogP contribution is -2.21. The van der Waals surface area contributed by atoms with Crippen molar-refractivity contribution in [3.05, 3.63) is 0 Å². The molecule has 0 aromatic heterocycles. The van der Waals surface area contributed by atoms with E-state index in [0.29, 0.717) is 14.0 Å². The van der Waals surface area contributed by atoms with Crippen LogP contribution >= 0.6 is 8.58 Å². The van der Waals surface area contributed by atoms with Crippen LogP contribution in [0.2, 0.25) is 0 Å². The fourth-order valence-corrected chi connectivity index (χ4v) is 4.56. The summed E-state index contributed by atoms with van der Waals surface area (Å²) < 4.78 is 0. The van der Waals surface area contributed by atoms with E-state index < -0.39 is 5.97 Å². The molecule has 0 fully saturated rings. The van der Waals surface area contributed by atoms with Crippen LogP contribution in [0.15, 0.2) is 0 Å². The first-order valence-corrected chi connectivity index (χ1v) is 12.0. The van der Waals surface area contributed by atoms with Gasteiger partial charge in [-0.15, -0.1) is 8.58 Å². The SMILES string of the molecule is CCCCC(CCCC)(CCCC)CCCCCC(PC)C(=O)O. The Labute approximate surface area is 153 Å². The highest BCUT2D eigenvalue weighted by Crippen LogP contribution is 2.41. The van der Waals surface area contributed by atoms with Crippen molar-refractivity contribution >= 4 is 14.6 Å². The number of unbranched alkanes of at least 4 members (excludes halogenated alkanes) is 5. The summed E-state index contributed by atoms with van der Waals surface area (Å²) in [5, 5.41) is 9.16. The topological polar surface area (TPSA) is 37.3 Å². The van der Waals surface area contributed by atoms with E-state index >= 15 is 0 Å². The molecule has 0 saturated carbocycles. The van der Waals surface area contributed by atoms with Gasteiger partial charge in [-0.25, -0.2) is 0 Å². The van der Waals surface area contributed by atoms with Crippen LogP contribution in [0.1, 0.15) is 111 Å². The molecule has 0 aliphatic heterocycles. The van der Waals surface area contributed by atoms with Gasteiger partial charge in [-0.3, -0.25) is 4.79 Å². The largest absolute Gasteiger partial charge is 0.481 e. The molecule has 0 rings (SSSR count). The third-order valence-electron chi connectivity index (χ3n) is 5.53. The summed E-state index contributed by atoms with van der Waals surface area (Å²) in [6, 6.07) is 0. The van der Waals surface area contributed by atoms with Gasteiger partial charge in [-0.2, -0.15) is 0 Å². The fourth-order valence-electron chi connectivity index (χ4n) is 3.82. The number of rotatable bonds is 17. The molecule has 0 saturated heterocycles. The van der Waals surface area contributed by atoms with Crippen LogP contribution in [0.3, 0.4) is 0 Å². The summed E-state index contributed by atoms with van der Waals surface area (Å²) in [6.07, 6.45) is 18.0. The maximum Gasteiger partial charge on any atom is 0.310 e. The number of carboxylic acid groups (broad SMARTS) is 1. The van der Waals surface area contributed by atoms with Gasteiger partial charge >= 0.3 is 5.97 Å². The zero-order chi connectivity index (χ0) is 18.3. The van der Waals surface area contributed by atoms with E-state index in [0.717, 1.165) is 12.8 Å². The maximum atomic E-state index is 11.1. The Morgan fingerprint density at radius 1 is 0.833 bits per heavy atom. The average Bonchev–Trinajstić information content (AvgIpc) is 2.58. The van der Waals surface area contributed by atoms with E-state index in [-0.39, 0.29) is 5.66 Å². The molecule has 0 aliphatic carbocycles. The van der Waals surface area contributed by atoms with Crippen molar-refractivity contribution in [2.24, 2.45) is 5.41 Å². The van der Waals surface area contributed by atoms with Gasteiger partial charge in [0, 0.05) is 0 Å². The third kappa shape index (κ3) is 10.7. The maximum absolute atomic E-state index is 11.1. The Morgan fingerprint density at radius 3 is 1.67 bits per heavy atom. The molecule has 0 aromatic rings. The van der Waals surface area contributed by atoms with Crippen molar-refractivity contribution in [3.8, 4) is 0 Å². The van der Waals surface area contributed by atoms with E-state index in [1.54, 1.807) is 0 Å². The van der Waals surface area contributed by atoms with Crippen LogP contribution < -0.4 is 0 Å². The lowest BCUT2D eigenvalue weighted by molar-refractivity contribution is -0.136. The Morgan fingerprint density at radius 2 is 1.29 bits per heavy atom. The van der Waals surface area contributed by atoms with Crippen LogP contribution in [0, 0.1) is 5.41 Å². The lowest BCUT2D eigenvalue weighted by Gasteiger charge is -2.35. The van der Waals surface area contributed by atoms with Gasteiger partial charge in [0.25, 0.3) is 0 Å². The molecule has 2 atom stereocenters. The molecule has 0 spiro atoms. The second kappa shape index (κ2) is 15.2. The highest BCUT2D eigenvalue weighted by Gasteiger charge is 2.27. The van der Waals surface area contributed by atoms with E-state index in [1.165, 1.54) is 77.0 Å². The zero-order valence-corrected chi connectivity index (χ0v) is 17.8. The summed E-state index contributed by atoms with van der Waals surface area (Å²) in [4.78, 5) is 11.1. The number of hydrogen-bond acceptors (Lipinski definition) is 1. The van der Waals surface area contributed by atoms with Crippen LogP contribution in [0.5, 0.6) is 0 Å². The normalized spacial score (nSPS) is 13.7. The molecule has 0 amide bonds. The lowest BCUT2D eigenvalue weighted by atomic mass is 9.71. The first-order chi connectivity index (χ1) is 11.5. The standard InChI is InChI=1S/C21H43O2P/c1-5-8-15-21(16-9-6-2,17-10-7-3)18-13-11-12-14-19(24-4)20(22)23/h19,24H,5-18H2,1-4H3,(H,22,23). The predicted octanol–water partition coefficient (Wildman–Crippen LogP) is 7.26. The Bertz CT molecular complexity index is 282. The summed E-state index contributed by atoms with van der Waals surface area (Å²) >= 11 is 0. The summed E-state index contributed by atoms with van der Waals surface area (Å²) in [6.45, 7) is 8.94. The summed E-state index contributed by atoms with van der Waals surface area (Å²) in [5.41, 5.74) is 0.468. The minimum atomic E-state index is -0.598. The molecule has 0 aromatic carbocycles. The molecule has 3 heteroatoms. The molecule has 2 nitrogen and oxygen atoms in total. The Balaban J connectivity index is 4.42. The highest BCUT2D eigenvalue weighted by molar-refractivity contribution is 7.39. The second-order valence-corrected chi connectivity index (χ2v) is 8.86. The van der Waals surface area contributed by atoms with E-state index in [2.05, 4.69) is 20.8 Å². The predicted molar refractivity (Wildman–Crippen MR) is 110 cm³/mol. The summed E-state index contributed by atoms with van der Waals surface area (Å²) in [5.74, 6) is -0.598. The second-order valence-electron chi connectivity index (χ2n) is 7.59. The number of aliphatic carboxylic acids is 1. The fraction of sp³-hybridized carbons (Fsp3) is 0.952. The van der Waals surface area contributed by atoms with Gasteiger partial charge in [0.15, 0.2) is 0 Å². The summed E-state index contributed by atoms with van der Waals surface area (Å²) in [7, 11) is 0.530. The smallest absolute Gasteiger partial charge is 0.310 e. The number of carboxylic acids is 1. The molecular formula is C21H43O2P. The third-order valence-corrected chi connectivity index (χ3v) is 6.76. The monoisotopic (exact) mass is 358 g/mol. The van der Waals surface area contributed by atoms with Crippen molar-refractivity contribution in [2.75, 3.05) is 6.66 Å². The first kappa shape index (κ1) is 23.9. The van der Waals surface area contributed by atoms with Crippen LogP contribution in [0.25, 0.3) is 0 Å². The molecular weight excluding hydrogens is 315 g/mol. The minimum absolute atomic E-state index is 0.102. The van der Waals surface area contributed by atoms with E-state index in [9.17, 15) is 4.79 Å². The molecule has 0 radical (unpaired) electrons. The Hall–Kier alpha value is -0.100. The van der Waals surface area contributed by atoms with Gasteiger partial charge in [0.05, 0.1) is 5.66 Å². The molecule has 0 bridgehead atoms. The molecule has 0 aliphatic rings. The molecule has 2 unspecified atom stereocenters. The van der Waals surface area contributed by atoms with Crippen molar-refractivity contribution < 1.29 is 9.90 Å². The van der Waals surface area contributed by atoms with Crippen LogP contribution in [0.4, 0.5) is 0 Å². The first-order valence-electron chi connectivity index (χ1n) is 10.4. The van der Waals surface area contributed by atoms with E-state index in [1.807, 2.05) is 6.66 Å². The van der Waals surface area contributed by atoms with Crippen LogP contribution in [-0.4, -0.2) is 23.4 Å². The van der Waals surface area contributed by atoms with Gasteiger partial charge in [-0.1, -0.05) is 78.6 Å². The van der Waals surface area contributed by atoms with Gasteiger partial charge in [0.1, 0.15) is 0 Å². The molecule has 24 heavy (non-hydrogen) atoms. The van der Waals surface area contributed by atoms with Crippen molar-refractivity contribution in [1.82, 2.24) is 0 Å². The Kier molecular flexibility index (Phi) is 15.1. The van der Waals surface area contributed by atoms with E-state index in [4.69, 9.17) is 5.11 Å². The minimum Gasteiger partial charge on any atom is -0.481 e. The molecule has 144 valence electrons. The number of carbonyl (C=O) groups is 1. The number of hydrogen-bond donors (Lipinski definition) is 1.